The van der Waals surface area contributed by atoms with E-state index in [4.69, 9.17) is 0 Å². The molecule has 1 amide bonds. The van der Waals surface area contributed by atoms with Crippen LogP contribution in [0.25, 0.3) is 6.08 Å². The first-order valence-corrected chi connectivity index (χ1v) is 11.0. The quantitative estimate of drug-likeness (QED) is 0.220. The van der Waals surface area contributed by atoms with Crippen molar-refractivity contribution < 1.29 is 9.72 Å². The maximum absolute atomic E-state index is 12.0. The summed E-state index contributed by atoms with van der Waals surface area (Å²) in [6, 6.07) is 6.82. The van der Waals surface area contributed by atoms with Crippen LogP contribution in [0.3, 0.4) is 0 Å². The molecule has 154 valence electrons. The van der Waals surface area contributed by atoms with E-state index >= 15 is 0 Å². The molecule has 0 atom stereocenters. The smallest absolute Gasteiger partial charge is 0.276 e. The fourth-order valence-electron chi connectivity index (χ4n) is 3.62. The Hall–Kier alpha value is -2.68. The summed E-state index contributed by atoms with van der Waals surface area (Å²) in [6.07, 6.45) is 11.2. The van der Waals surface area contributed by atoms with Gasteiger partial charge in [0.2, 0.25) is 5.91 Å². The van der Waals surface area contributed by atoms with Crippen molar-refractivity contribution in [1.82, 2.24) is 20.1 Å². The highest BCUT2D eigenvalue weighted by Crippen LogP contribution is 2.33. The lowest BCUT2D eigenvalue weighted by Gasteiger charge is -2.16. The predicted molar refractivity (Wildman–Crippen MR) is 113 cm³/mol. The summed E-state index contributed by atoms with van der Waals surface area (Å²) in [5.74, 6) is 0.705. The highest BCUT2D eigenvalue weighted by molar-refractivity contribution is 7.98. The van der Waals surface area contributed by atoms with Crippen molar-refractivity contribution in [3.63, 3.8) is 0 Å². The third-order valence-electron chi connectivity index (χ3n) is 5.03. The number of benzene rings is 1. The Labute approximate surface area is 173 Å². The van der Waals surface area contributed by atoms with E-state index in [1.807, 2.05) is 6.26 Å². The zero-order valence-corrected chi connectivity index (χ0v) is 17.2. The molecular formula is C20H25N5O3S. The Kier molecular flexibility index (Phi) is 7.40. The molecule has 1 aromatic carbocycles. The van der Waals surface area contributed by atoms with Gasteiger partial charge in [-0.25, -0.2) is 0 Å². The number of nitrogens with zero attached hydrogens (tertiary/aromatic N) is 4. The van der Waals surface area contributed by atoms with Gasteiger partial charge in [-0.15, -0.1) is 10.2 Å². The third-order valence-corrected chi connectivity index (χ3v) is 5.68. The van der Waals surface area contributed by atoms with E-state index in [1.54, 1.807) is 30.0 Å². The minimum Gasteiger partial charge on any atom is -0.353 e. The second-order valence-electron chi connectivity index (χ2n) is 6.96. The molecule has 0 bridgehead atoms. The first kappa shape index (κ1) is 21.0. The molecule has 1 aliphatic carbocycles. The first-order chi connectivity index (χ1) is 14.1. The summed E-state index contributed by atoms with van der Waals surface area (Å²) >= 11 is 1.62. The Morgan fingerprint density at radius 1 is 1.34 bits per heavy atom. The number of nitrogens with one attached hydrogen (secondary N) is 1. The lowest BCUT2D eigenvalue weighted by atomic mass is 10.1. The van der Waals surface area contributed by atoms with Crippen LogP contribution in [-0.2, 0) is 11.2 Å². The van der Waals surface area contributed by atoms with E-state index in [1.165, 1.54) is 43.9 Å². The molecule has 1 heterocycles. The number of carbonyl (C=O) groups is 1. The minimum absolute atomic E-state index is 0.0209. The second kappa shape index (κ2) is 10.2. The highest BCUT2D eigenvalue weighted by atomic mass is 32.2. The monoisotopic (exact) mass is 415 g/mol. The van der Waals surface area contributed by atoms with Crippen LogP contribution in [-0.4, -0.2) is 38.4 Å². The van der Waals surface area contributed by atoms with Gasteiger partial charge in [0.05, 0.1) is 10.5 Å². The van der Waals surface area contributed by atoms with E-state index in [-0.39, 0.29) is 11.6 Å². The van der Waals surface area contributed by atoms with E-state index < -0.39 is 4.92 Å². The third kappa shape index (κ3) is 5.44. The number of amides is 1. The summed E-state index contributed by atoms with van der Waals surface area (Å²) in [6.45, 7) is 0.506. The number of thioether (sulfide) groups is 1. The van der Waals surface area contributed by atoms with E-state index in [0.29, 0.717) is 18.2 Å². The molecule has 8 nitrogen and oxygen atoms in total. The van der Waals surface area contributed by atoms with E-state index in [9.17, 15) is 14.9 Å². The molecule has 1 N–H and O–H groups in total. The van der Waals surface area contributed by atoms with Gasteiger partial charge in [0.15, 0.2) is 5.16 Å². The number of nitro groups is 1. The van der Waals surface area contributed by atoms with Gasteiger partial charge >= 0.3 is 0 Å². The minimum atomic E-state index is -0.457. The summed E-state index contributed by atoms with van der Waals surface area (Å²) in [7, 11) is 0. The molecule has 9 heteroatoms. The number of carbonyl (C=O) groups excluding carboxylic acids is 1. The van der Waals surface area contributed by atoms with E-state index in [2.05, 4.69) is 20.1 Å². The zero-order valence-electron chi connectivity index (χ0n) is 16.4. The number of hydrogen-bond donors (Lipinski definition) is 1. The molecule has 2 aromatic rings. The molecule has 0 spiro atoms. The van der Waals surface area contributed by atoms with Crippen LogP contribution in [0.5, 0.6) is 0 Å². The first-order valence-electron chi connectivity index (χ1n) is 9.77. The molecule has 1 aliphatic rings. The van der Waals surface area contributed by atoms with Gasteiger partial charge in [-0.3, -0.25) is 14.9 Å². The number of para-hydroxylation sites is 1. The molecule has 1 saturated carbocycles. The molecule has 3 rings (SSSR count). The number of hydrogen-bond acceptors (Lipinski definition) is 6. The van der Waals surface area contributed by atoms with Gasteiger partial charge in [-0.2, -0.15) is 0 Å². The molecule has 0 saturated heterocycles. The topological polar surface area (TPSA) is 103 Å². The normalized spacial score (nSPS) is 14.5. The maximum Gasteiger partial charge on any atom is 0.276 e. The van der Waals surface area contributed by atoms with E-state index in [0.717, 1.165) is 23.8 Å². The van der Waals surface area contributed by atoms with Gasteiger partial charge in [0, 0.05) is 31.1 Å². The fourth-order valence-corrected chi connectivity index (χ4v) is 4.20. The average Bonchev–Trinajstić information content (AvgIpc) is 3.38. The number of aromatic nitrogens is 3. The zero-order chi connectivity index (χ0) is 20.6. The lowest BCUT2D eigenvalue weighted by molar-refractivity contribution is -0.385. The van der Waals surface area contributed by atoms with Crippen molar-refractivity contribution in [2.45, 2.75) is 49.7 Å². The van der Waals surface area contributed by atoms with Crippen LogP contribution in [0.1, 0.15) is 49.5 Å². The van der Waals surface area contributed by atoms with Crippen LogP contribution < -0.4 is 5.32 Å². The predicted octanol–water partition coefficient (Wildman–Crippen LogP) is 3.79. The van der Waals surface area contributed by atoms with Gasteiger partial charge < -0.3 is 9.88 Å². The second-order valence-corrected chi connectivity index (χ2v) is 7.73. The van der Waals surface area contributed by atoms with Crippen molar-refractivity contribution in [1.29, 1.82) is 0 Å². The standard InChI is InChI=1S/C20H25N5O3S/c1-29-20-23-22-18(24(20)16-8-3-4-9-16)11-6-14-21-19(26)13-12-15-7-2-5-10-17(15)25(27)28/h2,5,7,10,12-13,16H,3-4,6,8-9,11,14H2,1H3,(H,21,26)/b13-12+. The van der Waals surface area contributed by atoms with Gasteiger partial charge in [0.1, 0.15) is 5.82 Å². The van der Waals surface area contributed by atoms with Crippen molar-refractivity contribution >= 4 is 29.4 Å². The Bertz CT molecular complexity index is 890. The largest absolute Gasteiger partial charge is 0.353 e. The van der Waals surface area contributed by atoms with Crippen LogP contribution in [0, 0.1) is 10.1 Å². The van der Waals surface area contributed by atoms with Gasteiger partial charge in [0.25, 0.3) is 5.69 Å². The summed E-state index contributed by atoms with van der Waals surface area (Å²) in [5, 5.41) is 23.5. The van der Waals surface area contributed by atoms with Crippen molar-refractivity contribution in [2.75, 3.05) is 12.8 Å². The SMILES string of the molecule is CSc1nnc(CCCNC(=O)/C=C/c2ccccc2[N+](=O)[O-])n1C1CCCC1. The Morgan fingerprint density at radius 3 is 2.83 bits per heavy atom. The molecule has 0 unspecified atom stereocenters. The van der Waals surface area contributed by atoms with Crippen LogP contribution in [0.15, 0.2) is 35.5 Å². The van der Waals surface area contributed by atoms with Gasteiger partial charge in [-0.1, -0.05) is 36.7 Å². The maximum atomic E-state index is 12.0. The van der Waals surface area contributed by atoms with Crippen LogP contribution >= 0.6 is 11.8 Å². The molecule has 1 fully saturated rings. The van der Waals surface area contributed by atoms with Crippen LogP contribution in [0.2, 0.25) is 0 Å². The summed E-state index contributed by atoms with van der Waals surface area (Å²) in [5.41, 5.74) is 0.384. The van der Waals surface area contributed by atoms with Crippen molar-refractivity contribution in [2.24, 2.45) is 0 Å². The fraction of sp³-hybridized carbons (Fsp3) is 0.450. The molecule has 1 aromatic heterocycles. The van der Waals surface area contributed by atoms with Crippen molar-refractivity contribution in [3.8, 4) is 0 Å². The molecule has 0 aliphatic heterocycles. The number of nitro benzene ring substituents is 1. The highest BCUT2D eigenvalue weighted by Gasteiger charge is 2.23. The molecular weight excluding hydrogens is 390 g/mol. The average molecular weight is 416 g/mol. The number of aryl methyl sites for hydroxylation is 1. The Morgan fingerprint density at radius 2 is 2.10 bits per heavy atom. The van der Waals surface area contributed by atoms with Crippen molar-refractivity contribution in [3.05, 3.63) is 51.8 Å². The van der Waals surface area contributed by atoms with Crippen LogP contribution in [0.4, 0.5) is 5.69 Å². The summed E-state index contributed by atoms with van der Waals surface area (Å²) < 4.78 is 2.27. The molecule has 29 heavy (non-hydrogen) atoms. The number of rotatable bonds is 9. The summed E-state index contributed by atoms with van der Waals surface area (Å²) in [4.78, 5) is 22.6. The Balaban J connectivity index is 1.50. The lowest BCUT2D eigenvalue weighted by Crippen LogP contribution is -2.23. The van der Waals surface area contributed by atoms with Gasteiger partial charge in [-0.05, 0) is 37.7 Å². The molecule has 0 radical (unpaired) electrons.